The molecule has 0 aliphatic carbocycles. The van der Waals surface area contributed by atoms with Crippen LogP contribution in [0.25, 0.3) is 0 Å². The van der Waals surface area contributed by atoms with Gasteiger partial charge in [-0.25, -0.2) is 4.98 Å². The van der Waals surface area contributed by atoms with E-state index in [-0.39, 0.29) is 5.60 Å². The Hall–Kier alpha value is -1.60. The molecular formula is C13H17N3O. The fourth-order valence-corrected chi connectivity index (χ4v) is 2.23. The van der Waals surface area contributed by atoms with Crippen molar-refractivity contribution in [2.45, 2.75) is 25.4 Å². The molecule has 2 rings (SSSR count). The minimum absolute atomic E-state index is 0.0772. The number of piperidine rings is 1. The predicted octanol–water partition coefficient (Wildman–Crippen LogP) is 1.96. The first-order valence-electron chi connectivity index (χ1n) is 5.83. The number of nitriles is 1. The van der Waals surface area contributed by atoms with Gasteiger partial charge in [0.05, 0.1) is 17.5 Å². The average Bonchev–Trinajstić information content (AvgIpc) is 2.39. The van der Waals surface area contributed by atoms with Gasteiger partial charge >= 0.3 is 0 Å². The van der Waals surface area contributed by atoms with Gasteiger partial charge in [0, 0.05) is 20.2 Å². The van der Waals surface area contributed by atoms with Crippen LogP contribution >= 0.6 is 0 Å². The molecule has 0 spiro atoms. The molecule has 4 nitrogen and oxygen atoms in total. The topological polar surface area (TPSA) is 49.1 Å². The fourth-order valence-electron chi connectivity index (χ4n) is 2.23. The van der Waals surface area contributed by atoms with E-state index >= 15 is 0 Å². The Morgan fingerprint density at radius 1 is 1.53 bits per heavy atom. The van der Waals surface area contributed by atoms with E-state index in [0.717, 1.165) is 31.6 Å². The first kappa shape index (κ1) is 11.9. The monoisotopic (exact) mass is 231 g/mol. The number of anilines is 1. The van der Waals surface area contributed by atoms with E-state index in [1.54, 1.807) is 19.4 Å². The molecule has 0 N–H and O–H groups in total. The summed E-state index contributed by atoms with van der Waals surface area (Å²) < 4.78 is 5.56. The van der Waals surface area contributed by atoms with Gasteiger partial charge in [-0.3, -0.25) is 0 Å². The molecule has 1 aliphatic heterocycles. The van der Waals surface area contributed by atoms with Crippen molar-refractivity contribution in [1.29, 1.82) is 5.26 Å². The fraction of sp³-hybridized carbons (Fsp3) is 0.538. The highest BCUT2D eigenvalue weighted by Gasteiger charge is 2.30. The van der Waals surface area contributed by atoms with Crippen LogP contribution in [0.2, 0.25) is 0 Å². The van der Waals surface area contributed by atoms with Crippen LogP contribution in [0.15, 0.2) is 18.3 Å². The SMILES string of the molecule is CO[C@@]1(C)CCCN(c2ccc(C#N)nc2)C1. The van der Waals surface area contributed by atoms with Gasteiger partial charge in [-0.15, -0.1) is 0 Å². The minimum atomic E-state index is -0.0772. The Kier molecular flexibility index (Phi) is 3.30. The van der Waals surface area contributed by atoms with Crippen LogP contribution in [-0.2, 0) is 4.74 Å². The molecule has 90 valence electrons. The first-order chi connectivity index (χ1) is 8.17. The second kappa shape index (κ2) is 4.72. The normalized spacial score (nSPS) is 24.4. The van der Waals surface area contributed by atoms with Gasteiger partial charge in [-0.1, -0.05) is 0 Å². The summed E-state index contributed by atoms with van der Waals surface area (Å²) in [6, 6.07) is 5.74. The summed E-state index contributed by atoms with van der Waals surface area (Å²) in [4.78, 5) is 6.37. The van der Waals surface area contributed by atoms with Crippen LogP contribution in [0.1, 0.15) is 25.5 Å². The molecule has 0 amide bonds. The number of ether oxygens (including phenoxy) is 1. The molecule has 1 atom stereocenters. The van der Waals surface area contributed by atoms with E-state index in [2.05, 4.69) is 16.8 Å². The minimum Gasteiger partial charge on any atom is -0.377 e. The van der Waals surface area contributed by atoms with Gasteiger partial charge in [0.2, 0.25) is 0 Å². The number of nitrogens with zero attached hydrogens (tertiary/aromatic N) is 3. The van der Waals surface area contributed by atoms with Crippen molar-refractivity contribution >= 4 is 5.69 Å². The Labute approximate surface area is 102 Å². The molecule has 1 fully saturated rings. The van der Waals surface area contributed by atoms with Gasteiger partial charge in [0.15, 0.2) is 0 Å². The van der Waals surface area contributed by atoms with Crippen LogP contribution in [0.3, 0.4) is 0 Å². The lowest BCUT2D eigenvalue weighted by Gasteiger charge is -2.40. The summed E-state index contributed by atoms with van der Waals surface area (Å²) >= 11 is 0. The summed E-state index contributed by atoms with van der Waals surface area (Å²) in [5, 5.41) is 8.71. The Morgan fingerprint density at radius 2 is 2.35 bits per heavy atom. The molecule has 1 aliphatic rings. The standard InChI is InChI=1S/C13H17N3O/c1-13(17-2)6-3-7-16(10-13)12-5-4-11(8-14)15-9-12/h4-5,9H,3,6-7,10H2,1-2H3/t13-/m0/s1. The van der Waals surface area contributed by atoms with Crippen molar-refractivity contribution in [3.05, 3.63) is 24.0 Å². The molecule has 0 unspecified atom stereocenters. The lowest BCUT2D eigenvalue weighted by molar-refractivity contribution is -0.00466. The molecule has 1 aromatic rings. The predicted molar refractivity (Wildman–Crippen MR) is 65.8 cm³/mol. The second-order valence-electron chi connectivity index (χ2n) is 4.69. The molecule has 0 bridgehead atoms. The quantitative estimate of drug-likeness (QED) is 0.780. The first-order valence-corrected chi connectivity index (χ1v) is 5.83. The van der Waals surface area contributed by atoms with Crippen molar-refractivity contribution in [2.75, 3.05) is 25.1 Å². The van der Waals surface area contributed by atoms with Gasteiger partial charge in [0.1, 0.15) is 11.8 Å². The zero-order valence-corrected chi connectivity index (χ0v) is 10.3. The van der Waals surface area contributed by atoms with E-state index in [0.29, 0.717) is 5.69 Å². The third-order valence-electron chi connectivity index (χ3n) is 3.38. The zero-order chi connectivity index (χ0) is 12.3. The van der Waals surface area contributed by atoms with Crippen molar-refractivity contribution in [1.82, 2.24) is 4.98 Å². The molecule has 2 heterocycles. The van der Waals surface area contributed by atoms with Crippen molar-refractivity contribution < 1.29 is 4.74 Å². The number of pyridine rings is 1. The van der Waals surface area contributed by atoms with Crippen LogP contribution in [0.4, 0.5) is 5.69 Å². The van der Waals surface area contributed by atoms with E-state index in [1.165, 1.54) is 0 Å². The van der Waals surface area contributed by atoms with Gasteiger partial charge < -0.3 is 9.64 Å². The summed E-state index contributed by atoms with van der Waals surface area (Å²) in [5.74, 6) is 0. The van der Waals surface area contributed by atoms with E-state index in [1.807, 2.05) is 12.1 Å². The number of rotatable bonds is 2. The van der Waals surface area contributed by atoms with Crippen LogP contribution in [-0.4, -0.2) is 30.8 Å². The summed E-state index contributed by atoms with van der Waals surface area (Å²) in [6.45, 7) is 4.03. The highest BCUT2D eigenvalue weighted by atomic mass is 16.5. The Balaban J connectivity index is 2.14. The molecule has 0 aromatic carbocycles. The van der Waals surface area contributed by atoms with E-state index < -0.39 is 0 Å². The van der Waals surface area contributed by atoms with Crippen molar-refractivity contribution in [2.24, 2.45) is 0 Å². The van der Waals surface area contributed by atoms with Gasteiger partial charge in [-0.05, 0) is 31.9 Å². The zero-order valence-electron chi connectivity index (χ0n) is 10.3. The highest BCUT2D eigenvalue weighted by Crippen LogP contribution is 2.27. The summed E-state index contributed by atoms with van der Waals surface area (Å²) in [5.41, 5.74) is 1.44. The maximum Gasteiger partial charge on any atom is 0.140 e. The Bertz CT molecular complexity index is 423. The number of hydrogen-bond acceptors (Lipinski definition) is 4. The van der Waals surface area contributed by atoms with Crippen LogP contribution in [0, 0.1) is 11.3 Å². The van der Waals surface area contributed by atoms with Gasteiger partial charge in [-0.2, -0.15) is 5.26 Å². The number of aromatic nitrogens is 1. The largest absolute Gasteiger partial charge is 0.377 e. The van der Waals surface area contributed by atoms with Gasteiger partial charge in [0.25, 0.3) is 0 Å². The molecule has 1 aromatic heterocycles. The third kappa shape index (κ3) is 2.56. The van der Waals surface area contributed by atoms with E-state index in [9.17, 15) is 0 Å². The highest BCUT2D eigenvalue weighted by molar-refractivity contribution is 5.46. The maximum atomic E-state index is 8.71. The number of hydrogen-bond donors (Lipinski definition) is 0. The molecule has 1 saturated heterocycles. The van der Waals surface area contributed by atoms with E-state index in [4.69, 9.17) is 10.00 Å². The summed E-state index contributed by atoms with van der Waals surface area (Å²) in [7, 11) is 1.76. The number of methoxy groups -OCH3 is 1. The lowest BCUT2D eigenvalue weighted by Crippen LogP contribution is -2.47. The Morgan fingerprint density at radius 3 is 2.94 bits per heavy atom. The molecular weight excluding hydrogens is 214 g/mol. The molecule has 0 radical (unpaired) electrons. The third-order valence-corrected chi connectivity index (χ3v) is 3.38. The van der Waals surface area contributed by atoms with Crippen LogP contribution < -0.4 is 4.90 Å². The summed E-state index contributed by atoms with van der Waals surface area (Å²) in [6.07, 6.45) is 3.97. The maximum absolute atomic E-state index is 8.71. The van der Waals surface area contributed by atoms with Crippen LogP contribution in [0.5, 0.6) is 0 Å². The van der Waals surface area contributed by atoms with Crippen molar-refractivity contribution in [3.63, 3.8) is 0 Å². The molecule has 0 saturated carbocycles. The van der Waals surface area contributed by atoms with Crippen molar-refractivity contribution in [3.8, 4) is 6.07 Å². The lowest BCUT2D eigenvalue weighted by atomic mass is 9.94. The molecule has 4 heteroatoms. The average molecular weight is 231 g/mol. The molecule has 17 heavy (non-hydrogen) atoms. The smallest absolute Gasteiger partial charge is 0.140 e. The second-order valence-corrected chi connectivity index (χ2v) is 4.69.